The number of likely N-dealkylation sites (tertiary alicyclic amines) is 1. The largest absolute Gasteiger partial charge is 0.490 e. The van der Waals surface area contributed by atoms with Crippen molar-refractivity contribution < 1.29 is 23.8 Å². The molecule has 1 aromatic carbocycles. The van der Waals surface area contributed by atoms with Gasteiger partial charge in [-0.25, -0.2) is 4.79 Å². The van der Waals surface area contributed by atoms with Gasteiger partial charge in [-0.1, -0.05) is 0 Å². The van der Waals surface area contributed by atoms with Gasteiger partial charge in [-0.2, -0.15) is 5.26 Å². The minimum absolute atomic E-state index is 0.267. The molecule has 0 N–H and O–H groups in total. The third kappa shape index (κ3) is 4.88. The maximum Gasteiger partial charge on any atom is 0.409 e. The Morgan fingerprint density at radius 1 is 1.27 bits per heavy atom. The number of carbonyl (C=O) groups is 2. The van der Waals surface area contributed by atoms with Gasteiger partial charge in [-0.15, -0.1) is 0 Å². The number of hydrogen-bond acceptors (Lipinski definition) is 6. The van der Waals surface area contributed by atoms with Crippen molar-refractivity contribution in [2.45, 2.75) is 26.7 Å². The summed E-state index contributed by atoms with van der Waals surface area (Å²) in [5, 5.41) is 9.06. The van der Waals surface area contributed by atoms with Crippen LogP contribution in [0.5, 0.6) is 11.5 Å². The molecule has 0 atom stereocenters. The average molecular weight is 425 g/mol. The van der Waals surface area contributed by atoms with Gasteiger partial charge in [0.2, 0.25) is 0 Å². The van der Waals surface area contributed by atoms with E-state index in [4.69, 9.17) is 19.5 Å². The van der Waals surface area contributed by atoms with Gasteiger partial charge in [0, 0.05) is 19.2 Å². The van der Waals surface area contributed by atoms with Crippen LogP contribution in [-0.4, -0.2) is 43.3 Å². The van der Waals surface area contributed by atoms with Crippen molar-refractivity contribution in [2.24, 2.45) is 5.92 Å². The first-order valence-corrected chi connectivity index (χ1v) is 9.29. The molecule has 0 bridgehead atoms. The Morgan fingerprint density at radius 3 is 2.54 bits per heavy atom. The molecule has 1 heterocycles. The topological polar surface area (TPSA) is 88.9 Å². The second kappa shape index (κ2) is 9.43. The van der Waals surface area contributed by atoms with Crippen LogP contribution >= 0.6 is 15.9 Å². The smallest absolute Gasteiger partial charge is 0.409 e. The normalized spacial score (nSPS) is 14.5. The predicted octanol–water partition coefficient (Wildman–Crippen LogP) is 3.49. The Morgan fingerprint density at radius 2 is 1.96 bits per heavy atom. The van der Waals surface area contributed by atoms with E-state index in [-0.39, 0.29) is 23.7 Å². The van der Waals surface area contributed by atoms with Crippen molar-refractivity contribution in [3.63, 3.8) is 0 Å². The number of hydrogen-bond donors (Lipinski definition) is 0. The van der Waals surface area contributed by atoms with Crippen molar-refractivity contribution in [3.8, 4) is 17.6 Å². The molecule has 1 amide bonds. The fraction of sp³-hybridized carbons (Fsp3) is 0.500. The molecule has 1 fully saturated rings. The molecule has 26 heavy (non-hydrogen) atoms. The van der Waals surface area contributed by atoms with Crippen molar-refractivity contribution in [1.29, 1.82) is 5.26 Å². The minimum atomic E-state index is -0.375. The lowest BCUT2D eigenvalue weighted by Gasteiger charge is -2.30. The molecule has 0 unspecified atom stereocenters. The summed E-state index contributed by atoms with van der Waals surface area (Å²) in [6.07, 6.45) is 0.665. The highest BCUT2D eigenvalue weighted by Gasteiger charge is 2.30. The molecule has 1 aromatic rings. The van der Waals surface area contributed by atoms with Gasteiger partial charge in [-0.05, 0) is 48.7 Å². The quantitative estimate of drug-likeness (QED) is 0.530. The fourth-order valence-electron chi connectivity index (χ4n) is 2.69. The van der Waals surface area contributed by atoms with E-state index in [9.17, 15) is 9.59 Å². The second-order valence-electron chi connectivity index (χ2n) is 5.71. The van der Waals surface area contributed by atoms with E-state index in [1.165, 1.54) is 0 Å². The number of piperidine rings is 1. The zero-order valence-electron chi connectivity index (χ0n) is 14.8. The Bertz CT molecular complexity index is 708. The summed E-state index contributed by atoms with van der Waals surface area (Å²) < 4.78 is 16.5. The molecule has 1 aliphatic rings. The number of esters is 1. The zero-order chi connectivity index (χ0) is 19.1. The van der Waals surface area contributed by atoms with E-state index in [1.807, 2.05) is 13.0 Å². The summed E-state index contributed by atoms with van der Waals surface area (Å²) in [7, 11) is 0. The van der Waals surface area contributed by atoms with E-state index >= 15 is 0 Å². The predicted molar refractivity (Wildman–Crippen MR) is 97.0 cm³/mol. The van der Waals surface area contributed by atoms with Gasteiger partial charge in [0.1, 0.15) is 0 Å². The molecule has 0 spiro atoms. The van der Waals surface area contributed by atoms with Gasteiger partial charge in [0.15, 0.2) is 11.5 Å². The molecule has 0 saturated carbocycles. The number of amides is 1. The third-order valence-electron chi connectivity index (χ3n) is 4.00. The van der Waals surface area contributed by atoms with E-state index in [0.717, 1.165) is 0 Å². The van der Waals surface area contributed by atoms with Crippen LogP contribution in [0.15, 0.2) is 16.6 Å². The molecule has 7 nitrogen and oxygen atoms in total. The summed E-state index contributed by atoms with van der Waals surface area (Å²) in [6.45, 7) is 5.17. The Labute approximate surface area is 160 Å². The van der Waals surface area contributed by atoms with Crippen LogP contribution < -0.4 is 9.47 Å². The highest BCUT2D eigenvalue weighted by Crippen LogP contribution is 2.37. The van der Waals surface area contributed by atoms with Crippen molar-refractivity contribution in [1.82, 2.24) is 4.90 Å². The number of nitrogens with zero attached hydrogens (tertiary/aromatic N) is 2. The SMILES string of the molecule is CCOC(=O)N1CCC(C(=O)Oc2c(Br)cc(C#N)cc2OCC)CC1. The second-order valence-corrected chi connectivity index (χ2v) is 6.57. The zero-order valence-corrected chi connectivity index (χ0v) is 16.4. The van der Waals surface area contributed by atoms with Crippen molar-refractivity contribution >= 4 is 28.0 Å². The number of nitriles is 1. The lowest BCUT2D eigenvalue weighted by Crippen LogP contribution is -2.41. The standard InChI is InChI=1S/C18H21BrN2O5/c1-3-24-15-10-12(11-20)9-14(19)16(15)26-17(22)13-5-7-21(8-6-13)18(23)25-4-2/h9-10,13H,3-8H2,1-2H3. The third-order valence-corrected chi connectivity index (χ3v) is 4.58. The van der Waals surface area contributed by atoms with Crippen LogP contribution in [0.1, 0.15) is 32.3 Å². The summed E-state index contributed by atoms with van der Waals surface area (Å²) in [4.78, 5) is 25.9. The number of benzene rings is 1. The summed E-state index contributed by atoms with van der Waals surface area (Å²) in [5.74, 6) is -0.0722. The van der Waals surface area contributed by atoms with Crippen LogP contribution in [0, 0.1) is 17.2 Å². The molecule has 1 aliphatic heterocycles. The lowest BCUT2D eigenvalue weighted by molar-refractivity contribution is -0.140. The van der Waals surface area contributed by atoms with Gasteiger partial charge in [0.05, 0.1) is 35.2 Å². The molecule has 140 valence electrons. The summed E-state index contributed by atoms with van der Waals surface area (Å²) in [6, 6.07) is 5.16. The van der Waals surface area contributed by atoms with E-state index in [0.29, 0.717) is 54.9 Å². The number of rotatable bonds is 5. The van der Waals surface area contributed by atoms with E-state index < -0.39 is 0 Å². The van der Waals surface area contributed by atoms with Crippen molar-refractivity contribution in [3.05, 3.63) is 22.2 Å². The molecular weight excluding hydrogens is 404 g/mol. The molecule has 8 heteroatoms. The van der Waals surface area contributed by atoms with Crippen LogP contribution in [-0.2, 0) is 9.53 Å². The monoisotopic (exact) mass is 424 g/mol. The molecule has 0 aliphatic carbocycles. The first kappa shape index (κ1) is 20.0. The van der Waals surface area contributed by atoms with Crippen molar-refractivity contribution in [2.75, 3.05) is 26.3 Å². The summed E-state index contributed by atoms with van der Waals surface area (Å²) in [5.41, 5.74) is 0.405. The fourth-order valence-corrected chi connectivity index (χ4v) is 3.21. The van der Waals surface area contributed by atoms with Gasteiger partial charge < -0.3 is 19.1 Å². The van der Waals surface area contributed by atoms with Gasteiger partial charge in [0.25, 0.3) is 0 Å². The first-order valence-electron chi connectivity index (χ1n) is 8.49. The molecule has 1 saturated heterocycles. The molecule has 0 radical (unpaired) electrons. The van der Waals surface area contributed by atoms with Gasteiger partial charge >= 0.3 is 12.1 Å². The highest BCUT2D eigenvalue weighted by atomic mass is 79.9. The van der Waals surface area contributed by atoms with Crippen LogP contribution in [0.25, 0.3) is 0 Å². The average Bonchev–Trinajstić information content (AvgIpc) is 2.64. The number of ether oxygens (including phenoxy) is 3. The first-order chi connectivity index (χ1) is 12.5. The molecular formula is C18H21BrN2O5. The Balaban J connectivity index is 2.04. The highest BCUT2D eigenvalue weighted by molar-refractivity contribution is 9.10. The van der Waals surface area contributed by atoms with Crippen LogP contribution in [0.4, 0.5) is 4.79 Å². The Hall–Kier alpha value is -2.27. The molecule has 0 aromatic heterocycles. The Kier molecular flexibility index (Phi) is 7.27. The number of carbonyl (C=O) groups excluding carboxylic acids is 2. The van der Waals surface area contributed by atoms with E-state index in [2.05, 4.69) is 15.9 Å². The lowest BCUT2D eigenvalue weighted by atomic mass is 9.97. The van der Waals surface area contributed by atoms with E-state index in [1.54, 1.807) is 24.0 Å². The van der Waals surface area contributed by atoms with Crippen LogP contribution in [0.2, 0.25) is 0 Å². The summed E-state index contributed by atoms with van der Waals surface area (Å²) >= 11 is 3.33. The maximum atomic E-state index is 12.5. The minimum Gasteiger partial charge on any atom is -0.490 e. The van der Waals surface area contributed by atoms with Gasteiger partial charge in [-0.3, -0.25) is 4.79 Å². The molecule has 2 rings (SSSR count). The van der Waals surface area contributed by atoms with Crippen LogP contribution in [0.3, 0.4) is 0 Å². The maximum absolute atomic E-state index is 12.5. The number of halogens is 1.